The molecule has 0 fully saturated rings. The van der Waals surface area contributed by atoms with Gasteiger partial charge in [0.05, 0.1) is 5.69 Å². The summed E-state index contributed by atoms with van der Waals surface area (Å²) in [5.41, 5.74) is 6.91. The average Bonchev–Trinajstić information content (AvgIpc) is 2.76. The summed E-state index contributed by atoms with van der Waals surface area (Å²) in [6.45, 7) is 2.20. The smallest absolute Gasteiger partial charge is 0.400 e. The molecule has 6 nitrogen and oxygen atoms in total. The van der Waals surface area contributed by atoms with Crippen LogP contribution in [0.25, 0.3) is 0 Å². The van der Waals surface area contributed by atoms with Gasteiger partial charge in [0.2, 0.25) is 5.88 Å². The van der Waals surface area contributed by atoms with E-state index >= 15 is 0 Å². The van der Waals surface area contributed by atoms with Crippen molar-refractivity contribution in [2.45, 2.75) is 13.5 Å². The number of aromatic nitrogens is 3. The molecule has 0 aromatic carbocycles. The Hall–Kier alpha value is -1.82. The van der Waals surface area contributed by atoms with E-state index in [1.54, 1.807) is 6.07 Å². The van der Waals surface area contributed by atoms with E-state index in [-0.39, 0.29) is 6.08 Å². The zero-order valence-electron chi connectivity index (χ0n) is 7.65. The Morgan fingerprint density at radius 3 is 3.07 bits per heavy atom. The number of nitrogens with two attached hydrogens (primary N) is 1. The number of nitrogens with zero attached hydrogens (tertiary/aromatic N) is 2. The van der Waals surface area contributed by atoms with E-state index in [2.05, 4.69) is 15.2 Å². The first kappa shape index (κ1) is 8.76. The van der Waals surface area contributed by atoms with Gasteiger partial charge in [0.25, 0.3) is 0 Å². The number of aryl methyl sites for hydroxylation is 1. The van der Waals surface area contributed by atoms with Gasteiger partial charge in [-0.2, -0.15) is 4.98 Å². The highest BCUT2D eigenvalue weighted by Crippen LogP contribution is 2.18. The van der Waals surface area contributed by atoms with Crippen molar-refractivity contribution < 1.29 is 9.15 Å². The Morgan fingerprint density at radius 2 is 2.50 bits per heavy atom. The van der Waals surface area contributed by atoms with E-state index in [4.69, 9.17) is 14.9 Å². The van der Waals surface area contributed by atoms with Gasteiger partial charge in [0.15, 0.2) is 0 Å². The molecule has 2 rings (SSSR count). The SMILES string of the molecule is Cc1cc(Oc2nc(CN)co2)n[nH]1. The highest BCUT2D eigenvalue weighted by molar-refractivity contribution is 5.16. The quantitative estimate of drug-likeness (QED) is 0.759. The third-order valence-corrected chi connectivity index (χ3v) is 1.61. The molecule has 14 heavy (non-hydrogen) atoms. The summed E-state index contributed by atoms with van der Waals surface area (Å²) < 4.78 is 10.2. The van der Waals surface area contributed by atoms with Crippen LogP contribution in [0.15, 0.2) is 16.7 Å². The van der Waals surface area contributed by atoms with E-state index < -0.39 is 0 Å². The number of oxazole rings is 1. The van der Waals surface area contributed by atoms with Crippen LogP contribution in [0.1, 0.15) is 11.4 Å². The van der Waals surface area contributed by atoms with Crippen LogP contribution in [-0.4, -0.2) is 15.2 Å². The Kier molecular flexibility index (Phi) is 2.19. The average molecular weight is 194 g/mol. The number of ether oxygens (including phenoxy) is 1. The Labute approximate surface area is 80.1 Å². The van der Waals surface area contributed by atoms with Gasteiger partial charge in [-0.1, -0.05) is 0 Å². The van der Waals surface area contributed by atoms with Crippen LogP contribution in [0.5, 0.6) is 12.0 Å². The maximum atomic E-state index is 5.36. The Balaban J connectivity index is 2.10. The topological polar surface area (TPSA) is 90.0 Å². The predicted octanol–water partition coefficient (Wildman–Crippen LogP) is 0.957. The normalized spacial score (nSPS) is 10.4. The lowest BCUT2D eigenvalue weighted by Gasteiger charge is -1.91. The minimum Gasteiger partial charge on any atom is -0.417 e. The highest BCUT2D eigenvalue weighted by atomic mass is 16.6. The van der Waals surface area contributed by atoms with Crippen molar-refractivity contribution in [2.24, 2.45) is 5.73 Å². The number of rotatable bonds is 3. The summed E-state index contributed by atoms with van der Waals surface area (Å²) in [5.74, 6) is 0.424. The molecule has 0 atom stereocenters. The molecule has 0 aliphatic heterocycles. The molecule has 0 spiro atoms. The Bertz CT molecular complexity index is 420. The maximum absolute atomic E-state index is 5.36. The molecular formula is C8H10N4O2. The third kappa shape index (κ3) is 1.74. The minimum atomic E-state index is 0.150. The molecule has 0 unspecified atom stereocenters. The number of hydrogen-bond acceptors (Lipinski definition) is 5. The van der Waals surface area contributed by atoms with Crippen LogP contribution >= 0.6 is 0 Å². The van der Waals surface area contributed by atoms with E-state index in [0.717, 1.165) is 5.69 Å². The number of nitrogens with one attached hydrogen (secondary N) is 1. The monoisotopic (exact) mass is 194 g/mol. The largest absolute Gasteiger partial charge is 0.417 e. The van der Waals surface area contributed by atoms with Crippen LogP contribution in [0.4, 0.5) is 0 Å². The van der Waals surface area contributed by atoms with Gasteiger partial charge in [-0.05, 0) is 6.92 Å². The second-order valence-corrected chi connectivity index (χ2v) is 2.80. The van der Waals surface area contributed by atoms with Gasteiger partial charge in [-0.3, -0.25) is 5.10 Å². The van der Waals surface area contributed by atoms with Crippen molar-refractivity contribution in [2.75, 3.05) is 0 Å². The first-order chi connectivity index (χ1) is 6.78. The van der Waals surface area contributed by atoms with E-state index in [1.807, 2.05) is 6.92 Å². The number of aromatic amines is 1. The van der Waals surface area contributed by atoms with Gasteiger partial charge in [-0.25, -0.2) is 0 Å². The molecule has 0 saturated heterocycles. The van der Waals surface area contributed by atoms with Crippen LogP contribution in [0.3, 0.4) is 0 Å². The molecular weight excluding hydrogens is 184 g/mol. The molecule has 0 saturated carbocycles. The molecule has 74 valence electrons. The fraction of sp³-hybridized carbons (Fsp3) is 0.250. The Morgan fingerprint density at radius 1 is 1.64 bits per heavy atom. The first-order valence-electron chi connectivity index (χ1n) is 4.12. The molecule has 2 aromatic rings. The van der Waals surface area contributed by atoms with Crippen molar-refractivity contribution >= 4 is 0 Å². The van der Waals surface area contributed by atoms with Gasteiger partial charge in [0.1, 0.15) is 6.26 Å². The molecule has 3 N–H and O–H groups in total. The van der Waals surface area contributed by atoms with Gasteiger partial charge >= 0.3 is 6.08 Å². The van der Waals surface area contributed by atoms with Crippen LogP contribution in [-0.2, 0) is 6.54 Å². The van der Waals surface area contributed by atoms with Gasteiger partial charge < -0.3 is 14.9 Å². The fourth-order valence-corrected chi connectivity index (χ4v) is 0.964. The van der Waals surface area contributed by atoms with E-state index in [0.29, 0.717) is 18.1 Å². The van der Waals surface area contributed by atoms with Crippen LogP contribution in [0, 0.1) is 6.92 Å². The summed E-state index contributed by atoms with van der Waals surface area (Å²) >= 11 is 0. The summed E-state index contributed by atoms with van der Waals surface area (Å²) in [4.78, 5) is 3.97. The standard InChI is InChI=1S/C8H10N4O2/c1-5-2-7(12-11-5)14-8-10-6(3-9)4-13-8/h2,4H,3,9H2,1H3,(H,11,12). The third-order valence-electron chi connectivity index (χ3n) is 1.61. The predicted molar refractivity (Wildman–Crippen MR) is 47.8 cm³/mol. The molecule has 0 aliphatic rings. The van der Waals surface area contributed by atoms with E-state index in [9.17, 15) is 0 Å². The molecule has 0 aliphatic carbocycles. The second-order valence-electron chi connectivity index (χ2n) is 2.80. The molecule has 0 radical (unpaired) electrons. The molecule has 6 heteroatoms. The first-order valence-corrected chi connectivity index (χ1v) is 4.12. The summed E-state index contributed by atoms with van der Waals surface area (Å²) in [5, 5.41) is 6.61. The lowest BCUT2D eigenvalue weighted by atomic mass is 10.5. The minimum absolute atomic E-state index is 0.150. The molecule has 2 aromatic heterocycles. The second kappa shape index (κ2) is 3.51. The van der Waals surface area contributed by atoms with Gasteiger partial charge in [0, 0.05) is 18.3 Å². The number of H-pyrrole nitrogens is 1. The lowest BCUT2D eigenvalue weighted by molar-refractivity contribution is 0.321. The molecule has 0 bridgehead atoms. The van der Waals surface area contributed by atoms with Crippen molar-refractivity contribution in [1.29, 1.82) is 0 Å². The summed E-state index contributed by atoms with van der Waals surface area (Å²) in [6, 6.07) is 1.74. The summed E-state index contributed by atoms with van der Waals surface area (Å²) in [6.07, 6.45) is 1.60. The lowest BCUT2D eigenvalue weighted by Crippen LogP contribution is -1.95. The van der Waals surface area contributed by atoms with Gasteiger partial charge in [-0.15, -0.1) is 5.10 Å². The maximum Gasteiger partial charge on any atom is 0.400 e. The molecule has 2 heterocycles. The zero-order chi connectivity index (χ0) is 9.97. The number of hydrogen-bond donors (Lipinski definition) is 2. The van der Waals surface area contributed by atoms with Crippen molar-refractivity contribution in [3.8, 4) is 12.0 Å². The van der Waals surface area contributed by atoms with Crippen LogP contribution in [0.2, 0.25) is 0 Å². The zero-order valence-corrected chi connectivity index (χ0v) is 7.65. The van der Waals surface area contributed by atoms with Crippen molar-refractivity contribution in [3.05, 3.63) is 23.7 Å². The highest BCUT2D eigenvalue weighted by Gasteiger charge is 2.06. The molecule has 0 amide bonds. The van der Waals surface area contributed by atoms with Crippen LogP contribution < -0.4 is 10.5 Å². The van der Waals surface area contributed by atoms with E-state index in [1.165, 1.54) is 6.26 Å². The van der Waals surface area contributed by atoms with Crippen molar-refractivity contribution in [3.63, 3.8) is 0 Å². The summed E-state index contributed by atoms with van der Waals surface area (Å²) in [7, 11) is 0. The van der Waals surface area contributed by atoms with Crippen molar-refractivity contribution in [1.82, 2.24) is 15.2 Å². The fourth-order valence-electron chi connectivity index (χ4n) is 0.964.